The number of anilines is 1. The number of carbonyl (C=O) groups is 2. The van der Waals surface area contributed by atoms with E-state index in [2.05, 4.69) is 15.5 Å². The fourth-order valence-electron chi connectivity index (χ4n) is 2.51. The van der Waals surface area contributed by atoms with Gasteiger partial charge in [0.05, 0.1) is 37.8 Å². The lowest BCUT2D eigenvalue weighted by molar-refractivity contribution is -0.140. The van der Waals surface area contributed by atoms with Gasteiger partial charge in [-0.1, -0.05) is 0 Å². The lowest BCUT2D eigenvalue weighted by atomic mass is 10.1. The van der Waals surface area contributed by atoms with E-state index in [1.807, 2.05) is 0 Å². The molecule has 2 aromatic rings. The Balaban J connectivity index is 2.20. The van der Waals surface area contributed by atoms with E-state index in [9.17, 15) is 14.0 Å². The molecule has 3 rings (SSSR count). The molecule has 0 bridgehead atoms. The zero-order chi connectivity index (χ0) is 18.7. The van der Waals surface area contributed by atoms with Gasteiger partial charge in [0.1, 0.15) is 24.6 Å². The second-order valence-corrected chi connectivity index (χ2v) is 5.10. The summed E-state index contributed by atoms with van der Waals surface area (Å²) in [5.41, 5.74) is 0.425. The maximum Gasteiger partial charge on any atom is 0.355 e. The molecule has 26 heavy (non-hydrogen) atoms. The van der Waals surface area contributed by atoms with Gasteiger partial charge in [0.2, 0.25) is 0 Å². The Kier molecular flexibility index (Phi) is 4.89. The quantitative estimate of drug-likeness (QED) is 0.704. The fourth-order valence-corrected chi connectivity index (χ4v) is 2.51. The SMILES string of the molecule is COC(=O)C1=C(C(=O)OC)N(c2cc(F)ccc2-n2cnnn2)COC1. The zero-order valence-electron chi connectivity index (χ0n) is 13.9. The van der Waals surface area contributed by atoms with Crippen molar-refractivity contribution < 1.29 is 28.2 Å². The second kappa shape index (κ2) is 7.27. The molecule has 0 amide bonds. The average Bonchev–Trinajstić information content (AvgIpc) is 3.20. The van der Waals surface area contributed by atoms with Crippen molar-refractivity contribution in [1.29, 1.82) is 0 Å². The summed E-state index contributed by atoms with van der Waals surface area (Å²) in [6.45, 7) is -0.271. The third kappa shape index (κ3) is 3.11. The first-order valence-corrected chi connectivity index (χ1v) is 7.34. The number of hydrogen-bond acceptors (Lipinski definition) is 9. The molecule has 0 spiro atoms. The molecule has 1 aromatic heterocycles. The summed E-state index contributed by atoms with van der Waals surface area (Å²) in [7, 11) is 2.35. The van der Waals surface area contributed by atoms with Gasteiger partial charge < -0.3 is 19.1 Å². The molecule has 0 fully saturated rings. The van der Waals surface area contributed by atoms with Crippen LogP contribution in [0.3, 0.4) is 0 Å². The van der Waals surface area contributed by atoms with Crippen LogP contribution in [0.5, 0.6) is 0 Å². The molecular formula is C15H14FN5O5. The minimum absolute atomic E-state index is 0.0440. The molecular weight excluding hydrogens is 349 g/mol. The summed E-state index contributed by atoms with van der Waals surface area (Å²) in [5.74, 6) is -2.11. The number of hydrogen-bond donors (Lipinski definition) is 0. The number of ether oxygens (including phenoxy) is 3. The fraction of sp³-hybridized carbons (Fsp3) is 0.267. The first kappa shape index (κ1) is 17.5. The molecule has 1 aromatic carbocycles. The van der Waals surface area contributed by atoms with Crippen molar-refractivity contribution in [3.05, 3.63) is 41.6 Å². The van der Waals surface area contributed by atoms with E-state index >= 15 is 0 Å². The first-order valence-electron chi connectivity index (χ1n) is 7.34. The highest BCUT2D eigenvalue weighted by atomic mass is 19.1. The molecule has 0 saturated heterocycles. The van der Waals surface area contributed by atoms with E-state index in [1.54, 1.807) is 0 Å². The van der Waals surface area contributed by atoms with E-state index in [0.717, 1.165) is 0 Å². The number of benzene rings is 1. The molecule has 0 radical (unpaired) electrons. The smallest absolute Gasteiger partial charge is 0.355 e. The number of rotatable bonds is 4. The third-order valence-corrected chi connectivity index (χ3v) is 3.66. The van der Waals surface area contributed by atoms with Gasteiger partial charge in [-0.3, -0.25) is 0 Å². The Morgan fingerprint density at radius 2 is 1.96 bits per heavy atom. The Bertz CT molecular complexity index is 867. The summed E-state index contributed by atoms with van der Waals surface area (Å²) in [6.07, 6.45) is 1.31. The second-order valence-electron chi connectivity index (χ2n) is 5.10. The Labute approximate surface area is 146 Å². The van der Waals surface area contributed by atoms with E-state index in [0.29, 0.717) is 5.69 Å². The predicted molar refractivity (Wildman–Crippen MR) is 83.5 cm³/mol. The normalized spacial score (nSPS) is 14.3. The summed E-state index contributed by atoms with van der Waals surface area (Å²) in [4.78, 5) is 25.7. The van der Waals surface area contributed by atoms with Crippen molar-refractivity contribution in [2.45, 2.75) is 0 Å². The van der Waals surface area contributed by atoms with Gasteiger partial charge >= 0.3 is 11.9 Å². The molecule has 10 nitrogen and oxygen atoms in total. The first-order chi connectivity index (χ1) is 12.6. The van der Waals surface area contributed by atoms with Crippen LogP contribution in [0.25, 0.3) is 5.69 Å². The Morgan fingerprint density at radius 3 is 2.62 bits per heavy atom. The van der Waals surface area contributed by atoms with Gasteiger partial charge in [-0.25, -0.2) is 14.0 Å². The molecule has 1 aliphatic rings. The summed E-state index contributed by atoms with van der Waals surface area (Å²) in [6, 6.07) is 3.82. The zero-order valence-corrected chi connectivity index (χ0v) is 13.9. The van der Waals surface area contributed by atoms with Crippen LogP contribution >= 0.6 is 0 Å². The monoisotopic (exact) mass is 363 g/mol. The number of nitrogens with zero attached hydrogens (tertiary/aromatic N) is 5. The maximum atomic E-state index is 13.9. The van der Waals surface area contributed by atoms with Crippen LogP contribution in [0.2, 0.25) is 0 Å². The largest absolute Gasteiger partial charge is 0.466 e. The molecule has 0 saturated carbocycles. The van der Waals surface area contributed by atoms with Crippen LogP contribution in [0.4, 0.5) is 10.1 Å². The van der Waals surface area contributed by atoms with Crippen LogP contribution in [0.1, 0.15) is 0 Å². The summed E-state index contributed by atoms with van der Waals surface area (Å²) >= 11 is 0. The maximum absolute atomic E-state index is 13.9. The molecule has 2 heterocycles. The van der Waals surface area contributed by atoms with Gasteiger partial charge in [0, 0.05) is 0 Å². The highest BCUT2D eigenvalue weighted by Gasteiger charge is 2.33. The topological polar surface area (TPSA) is 109 Å². The van der Waals surface area contributed by atoms with Crippen molar-refractivity contribution in [2.75, 3.05) is 32.5 Å². The van der Waals surface area contributed by atoms with Crippen LogP contribution in [0.15, 0.2) is 35.8 Å². The average molecular weight is 363 g/mol. The number of halogens is 1. The summed E-state index contributed by atoms with van der Waals surface area (Å²) < 4.78 is 30.1. The molecule has 0 aliphatic carbocycles. The van der Waals surface area contributed by atoms with Crippen molar-refractivity contribution >= 4 is 17.6 Å². The molecule has 0 unspecified atom stereocenters. The van der Waals surface area contributed by atoms with Gasteiger partial charge in [0.15, 0.2) is 0 Å². The third-order valence-electron chi connectivity index (χ3n) is 3.66. The predicted octanol–water partition coefficient (Wildman–Crippen LogP) is 0.196. The number of methoxy groups -OCH3 is 2. The van der Waals surface area contributed by atoms with Gasteiger partial charge in [-0.15, -0.1) is 5.10 Å². The van der Waals surface area contributed by atoms with Crippen LogP contribution in [-0.2, 0) is 23.8 Å². The van der Waals surface area contributed by atoms with E-state index in [4.69, 9.17) is 14.2 Å². The van der Waals surface area contributed by atoms with E-state index in [1.165, 1.54) is 48.3 Å². The van der Waals surface area contributed by atoms with Crippen LogP contribution in [-0.4, -0.2) is 59.7 Å². The lowest BCUT2D eigenvalue weighted by Crippen LogP contribution is -2.39. The van der Waals surface area contributed by atoms with Gasteiger partial charge in [-0.05, 0) is 28.6 Å². The van der Waals surface area contributed by atoms with Crippen molar-refractivity contribution in [3.8, 4) is 5.69 Å². The lowest BCUT2D eigenvalue weighted by Gasteiger charge is -2.32. The number of aromatic nitrogens is 4. The number of esters is 2. The van der Waals surface area contributed by atoms with Crippen LogP contribution < -0.4 is 4.90 Å². The standard InChI is InChI=1S/C15H14FN5O5/c1-24-14(22)10-6-26-8-20(13(10)15(23)25-2)12-5-9(16)3-4-11(12)21-7-17-18-19-21/h3-5,7H,6,8H2,1-2H3. The van der Waals surface area contributed by atoms with E-state index < -0.39 is 17.8 Å². The van der Waals surface area contributed by atoms with E-state index in [-0.39, 0.29) is 30.3 Å². The van der Waals surface area contributed by atoms with Gasteiger partial charge in [0.25, 0.3) is 0 Å². The summed E-state index contributed by atoms with van der Waals surface area (Å²) in [5, 5.41) is 10.9. The van der Waals surface area contributed by atoms with Gasteiger partial charge in [-0.2, -0.15) is 4.68 Å². The minimum Gasteiger partial charge on any atom is -0.466 e. The molecule has 11 heteroatoms. The van der Waals surface area contributed by atoms with Crippen molar-refractivity contribution in [2.24, 2.45) is 0 Å². The van der Waals surface area contributed by atoms with Crippen molar-refractivity contribution in [3.63, 3.8) is 0 Å². The highest BCUT2D eigenvalue weighted by molar-refractivity contribution is 6.03. The van der Waals surface area contributed by atoms with Crippen LogP contribution in [0, 0.1) is 5.82 Å². The Morgan fingerprint density at radius 1 is 1.19 bits per heavy atom. The molecule has 0 atom stereocenters. The van der Waals surface area contributed by atoms with Crippen molar-refractivity contribution in [1.82, 2.24) is 20.2 Å². The number of carbonyl (C=O) groups excluding carboxylic acids is 2. The molecule has 1 aliphatic heterocycles. The highest BCUT2D eigenvalue weighted by Crippen LogP contribution is 2.31. The minimum atomic E-state index is -0.791. The molecule has 0 N–H and O–H groups in total. The molecule has 136 valence electrons. The number of tetrazole rings is 1. The Hall–Kier alpha value is -3.34.